The lowest BCUT2D eigenvalue weighted by atomic mass is 9.76. The summed E-state index contributed by atoms with van der Waals surface area (Å²) in [4.78, 5) is 23.0. The molecule has 2 rings (SSSR count). The molecule has 2 aliphatic rings. The SMILES string of the molecule is CC1CCCC(CO)(NC(=O)[C@@H]2CC[C@H](C(=O)O)O2)C1. The Hall–Kier alpha value is -1.14. The molecular formula is C14H23NO5. The first kappa shape index (κ1) is 15.3. The number of carboxylic acids is 1. The average Bonchev–Trinajstić information content (AvgIpc) is 2.88. The Labute approximate surface area is 118 Å². The zero-order chi connectivity index (χ0) is 14.8. The first-order chi connectivity index (χ1) is 9.46. The summed E-state index contributed by atoms with van der Waals surface area (Å²) in [5.41, 5.74) is -0.570. The number of carbonyl (C=O) groups is 2. The number of ether oxygens (including phenoxy) is 1. The van der Waals surface area contributed by atoms with Gasteiger partial charge in [0, 0.05) is 0 Å². The number of hydrogen-bond donors (Lipinski definition) is 3. The number of aliphatic carboxylic acids is 1. The molecule has 0 spiro atoms. The molecule has 3 N–H and O–H groups in total. The molecule has 0 bridgehead atoms. The lowest BCUT2D eigenvalue weighted by Gasteiger charge is -2.39. The highest BCUT2D eigenvalue weighted by Crippen LogP contribution is 2.32. The lowest BCUT2D eigenvalue weighted by Crippen LogP contribution is -2.56. The summed E-state index contributed by atoms with van der Waals surface area (Å²) in [7, 11) is 0. The van der Waals surface area contributed by atoms with E-state index in [9.17, 15) is 14.7 Å². The molecule has 0 radical (unpaired) electrons. The van der Waals surface area contributed by atoms with Gasteiger partial charge < -0.3 is 20.3 Å². The fourth-order valence-electron chi connectivity index (χ4n) is 3.31. The quantitative estimate of drug-likeness (QED) is 0.706. The van der Waals surface area contributed by atoms with E-state index < -0.39 is 23.7 Å². The van der Waals surface area contributed by atoms with Crippen molar-refractivity contribution in [3.8, 4) is 0 Å². The van der Waals surface area contributed by atoms with Gasteiger partial charge in [0.05, 0.1) is 12.1 Å². The number of aliphatic hydroxyl groups excluding tert-OH is 1. The van der Waals surface area contributed by atoms with Gasteiger partial charge in [-0.2, -0.15) is 0 Å². The van der Waals surface area contributed by atoms with E-state index in [1.54, 1.807) is 0 Å². The van der Waals surface area contributed by atoms with Crippen molar-refractivity contribution in [1.82, 2.24) is 5.32 Å². The molecule has 1 aliphatic heterocycles. The van der Waals surface area contributed by atoms with Crippen LogP contribution in [0.2, 0.25) is 0 Å². The summed E-state index contributed by atoms with van der Waals surface area (Å²) < 4.78 is 5.25. The van der Waals surface area contributed by atoms with Crippen LogP contribution in [0.15, 0.2) is 0 Å². The highest BCUT2D eigenvalue weighted by molar-refractivity contribution is 5.83. The van der Waals surface area contributed by atoms with Crippen molar-refractivity contribution in [2.45, 2.75) is 63.2 Å². The van der Waals surface area contributed by atoms with Crippen LogP contribution in [0.1, 0.15) is 45.4 Å². The van der Waals surface area contributed by atoms with Crippen LogP contribution < -0.4 is 5.32 Å². The number of rotatable bonds is 4. The monoisotopic (exact) mass is 285 g/mol. The van der Waals surface area contributed by atoms with Crippen LogP contribution in [-0.4, -0.2) is 46.4 Å². The van der Waals surface area contributed by atoms with Gasteiger partial charge >= 0.3 is 5.97 Å². The maximum Gasteiger partial charge on any atom is 0.332 e. The van der Waals surface area contributed by atoms with Crippen LogP contribution in [0.25, 0.3) is 0 Å². The van der Waals surface area contributed by atoms with Crippen molar-refractivity contribution >= 4 is 11.9 Å². The molecule has 4 atom stereocenters. The highest BCUT2D eigenvalue weighted by atomic mass is 16.5. The summed E-state index contributed by atoms with van der Waals surface area (Å²) in [5.74, 6) is -0.854. The molecule has 0 aromatic carbocycles. The van der Waals surface area contributed by atoms with Crippen LogP contribution in [0, 0.1) is 5.92 Å². The standard InChI is InChI=1S/C14H23NO5/c1-9-3-2-6-14(7-9,8-16)15-12(17)10-4-5-11(20-10)13(18)19/h9-11,16H,2-8H2,1H3,(H,15,17)(H,18,19)/t9?,10-,11+,14?/m0/s1. The number of carboxylic acid groups (broad SMARTS) is 1. The molecule has 6 heteroatoms. The van der Waals surface area contributed by atoms with Gasteiger partial charge in [-0.25, -0.2) is 4.79 Å². The molecular weight excluding hydrogens is 262 g/mol. The Morgan fingerprint density at radius 1 is 1.30 bits per heavy atom. The topological polar surface area (TPSA) is 95.9 Å². The largest absolute Gasteiger partial charge is 0.479 e. The molecule has 1 saturated heterocycles. The van der Waals surface area contributed by atoms with Gasteiger partial charge in [0.25, 0.3) is 0 Å². The molecule has 1 heterocycles. The molecule has 2 fully saturated rings. The van der Waals surface area contributed by atoms with Crippen molar-refractivity contribution in [3.05, 3.63) is 0 Å². The molecule has 1 saturated carbocycles. The minimum Gasteiger partial charge on any atom is -0.479 e. The van der Waals surface area contributed by atoms with E-state index in [-0.39, 0.29) is 12.5 Å². The smallest absolute Gasteiger partial charge is 0.332 e. The Kier molecular flexibility index (Phi) is 4.65. The van der Waals surface area contributed by atoms with Gasteiger partial charge in [0.2, 0.25) is 5.91 Å². The average molecular weight is 285 g/mol. The maximum atomic E-state index is 12.2. The van der Waals surface area contributed by atoms with E-state index in [2.05, 4.69) is 12.2 Å². The molecule has 0 aromatic rings. The Morgan fingerprint density at radius 2 is 2.00 bits per heavy atom. The van der Waals surface area contributed by atoms with Crippen LogP contribution in [0.3, 0.4) is 0 Å². The maximum absolute atomic E-state index is 12.2. The van der Waals surface area contributed by atoms with Crippen LogP contribution >= 0.6 is 0 Å². The number of amides is 1. The van der Waals surface area contributed by atoms with E-state index in [1.165, 1.54) is 0 Å². The summed E-state index contributed by atoms with van der Waals surface area (Å²) >= 11 is 0. The van der Waals surface area contributed by atoms with Crippen molar-refractivity contribution in [1.29, 1.82) is 0 Å². The number of aliphatic hydroxyl groups is 1. The van der Waals surface area contributed by atoms with Crippen molar-refractivity contribution in [2.24, 2.45) is 5.92 Å². The van der Waals surface area contributed by atoms with Gasteiger partial charge in [-0.3, -0.25) is 4.79 Å². The molecule has 6 nitrogen and oxygen atoms in total. The van der Waals surface area contributed by atoms with E-state index in [0.29, 0.717) is 18.8 Å². The Bertz CT molecular complexity index is 386. The van der Waals surface area contributed by atoms with E-state index >= 15 is 0 Å². The molecule has 114 valence electrons. The molecule has 2 unspecified atom stereocenters. The van der Waals surface area contributed by atoms with Crippen LogP contribution in [0.4, 0.5) is 0 Å². The minimum atomic E-state index is -1.02. The number of nitrogens with one attached hydrogen (secondary N) is 1. The zero-order valence-electron chi connectivity index (χ0n) is 11.8. The molecule has 20 heavy (non-hydrogen) atoms. The van der Waals surface area contributed by atoms with Crippen LogP contribution in [0.5, 0.6) is 0 Å². The second kappa shape index (κ2) is 6.10. The molecule has 0 aromatic heterocycles. The highest BCUT2D eigenvalue weighted by Gasteiger charge is 2.40. The second-order valence-electron chi connectivity index (χ2n) is 6.16. The summed E-state index contributed by atoms with van der Waals surface area (Å²) in [6, 6.07) is 0. The predicted molar refractivity (Wildman–Crippen MR) is 71.1 cm³/mol. The van der Waals surface area contributed by atoms with E-state index in [1.807, 2.05) is 0 Å². The third kappa shape index (κ3) is 3.30. The predicted octanol–water partition coefficient (Wildman–Crippen LogP) is 0.676. The summed E-state index contributed by atoms with van der Waals surface area (Å²) in [6.45, 7) is 2.03. The minimum absolute atomic E-state index is 0.0852. The first-order valence-corrected chi connectivity index (χ1v) is 7.27. The van der Waals surface area contributed by atoms with Gasteiger partial charge in [-0.05, 0) is 31.6 Å². The van der Waals surface area contributed by atoms with E-state index in [4.69, 9.17) is 9.84 Å². The van der Waals surface area contributed by atoms with Crippen molar-refractivity contribution in [3.63, 3.8) is 0 Å². The van der Waals surface area contributed by atoms with E-state index in [0.717, 1.165) is 25.7 Å². The third-order valence-electron chi connectivity index (χ3n) is 4.37. The van der Waals surface area contributed by atoms with Gasteiger partial charge in [-0.1, -0.05) is 19.8 Å². The lowest BCUT2D eigenvalue weighted by molar-refractivity contribution is -0.152. The van der Waals surface area contributed by atoms with Crippen molar-refractivity contribution < 1.29 is 24.5 Å². The van der Waals surface area contributed by atoms with Gasteiger partial charge in [0.15, 0.2) is 6.10 Å². The molecule has 1 amide bonds. The van der Waals surface area contributed by atoms with Gasteiger partial charge in [-0.15, -0.1) is 0 Å². The summed E-state index contributed by atoms with van der Waals surface area (Å²) in [6.07, 6.45) is 2.77. The fraction of sp³-hybridized carbons (Fsp3) is 0.857. The third-order valence-corrected chi connectivity index (χ3v) is 4.37. The number of hydrogen-bond acceptors (Lipinski definition) is 4. The fourth-order valence-corrected chi connectivity index (χ4v) is 3.31. The second-order valence-corrected chi connectivity index (χ2v) is 6.16. The first-order valence-electron chi connectivity index (χ1n) is 7.27. The Balaban J connectivity index is 1.94. The normalized spacial score (nSPS) is 37.6. The molecule has 1 aliphatic carbocycles. The Morgan fingerprint density at radius 3 is 2.55 bits per heavy atom. The summed E-state index contributed by atoms with van der Waals surface area (Å²) in [5, 5.41) is 21.4. The van der Waals surface area contributed by atoms with Crippen molar-refractivity contribution in [2.75, 3.05) is 6.61 Å². The zero-order valence-corrected chi connectivity index (χ0v) is 11.8. The number of carbonyl (C=O) groups excluding carboxylic acids is 1. The van der Waals surface area contributed by atoms with Crippen LogP contribution in [-0.2, 0) is 14.3 Å². The van der Waals surface area contributed by atoms with Gasteiger partial charge in [0.1, 0.15) is 6.10 Å².